The van der Waals surface area contributed by atoms with Gasteiger partial charge in [-0.2, -0.15) is 0 Å². The summed E-state index contributed by atoms with van der Waals surface area (Å²) in [4.78, 5) is 4.77. The Labute approximate surface area is 165 Å². The van der Waals surface area contributed by atoms with Crippen LogP contribution in [-0.2, 0) is 0 Å². The highest BCUT2D eigenvalue weighted by molar-refractivity contribution is 6.38. The number of rotatable bonds is 5. The number of nitrogens with one attached hydrogen (secondary N) is 1. The predicted molar refractivity (Wildman–Crippen MR) is 117 cm³/mol. The van der Waals surface area contributed by atoms with E-state index in [-0.39, 0.29) is 5.92 Å². The van der Waals surface area contributed by atoms with Crippen LogP contribution in [0, 0.1) is 12.3 Å². The number of pyridine rings is 1. The molecule has 3 heteroatoms. The zero-order valence-corrected chi connectivity index (χ0v) is 16.6. The molecule has 3 rings (SSSR count). The molecule has 1 aromatic heterocycles. The van der Waals surface area contributed by atoms with Gasteiger partial charge in [0.1, 0.15) is 0 Å². The summed E-state index contributed by atoms with van der Waals surface area (Å²) >= 11 is 6.85. The van der Waals surface area contributed by atoms with Gasteiger partial charge in [-0.15, -0.1) is 6.58 Å². The van der Waals surface area contributed by atoms with Crippen molar-refractivity contribution in [3.63, 3.8) is 0 Å². The summed E-state index contributed by atoms with van der Waals surface area (Å²) in [5.74, 6) is 0.0345. The summed E-state index contributed by atoms with van der Waals surface area (Å²) in [5.41, 5.74) is 6.54. The fraction of sp³-hybridized carbons (Fsp3) is 0.167. The van der Waals surface area contributed by atoms with E-state index in [4.69, 9.17) is 22.0 Å². The zero-order chi connectivity index (χ0) is 19.6. The van der Waals surface area contributed by atoms with Crippen LogP contribution in [0.3, 0.4) is 0 Å². The van der Waals surface area contributed by atoms with E-state index in [1.165, 1.54) is 0 Å². The first kappa shape index (κ1) is 19.1. The van der Waals surface area contributed by atoms with Gasteiger partial charge in [0.05, 0.1) is 10.5 Å². The quantitative estimate of drug-likeness (QED) is 0.374. The molecule has 1 atom stereocenters. The number of nitrogens with zero attached hydrogens (tertiary/aromatic N) is 1. The van der Waals surface area contributed by atoms with Gasteiger partial charge in [0.25, 0.3) is 0 Å². The van der Waals surface area contributed by atoms with Crippen LogP contribution in [0.4, 0.5) is 0 Å². The minimum atomic E-state index is 0.0345. The largest absolute Gasteiger partial charge is 0.306 e. The molecule has 0 radical (unpaired) electrons. The maximum atomic E-state index is 7.73. The Hall–Kier alpha value is -2.71. The van der Waals surface area contributed by atoms with E-state index in [0.29, 0.717) is 5.71 Å². The zero-order valence-electron chi connectivity index (χ0n) is 15.9. The van der Waals surface area contributed by atoms with E-state index in [1.807, 2.05) is 50.3 Å². The summed E-state index contributed by atoms with van der Waals surface area (Å²) in [6.45, 7) is 9.79. The second kappa shape index (κ2) is 7.89. The number of aryl methyl sites for hydroxylation is 1. The molecule has 0 aliphatic carbocycles. The fourth-order valence-corrected chi connectivity index (χ4v) is 3.90. The third-order valence-corrected chi connectivity index (χ3v) is 5.11. The van der Waals surface area contributed by atoms with Crippen molar-refractivity contribution in [1.82, 2.24) is 4.98 Å². The van der Waals surface area contributed by atoms with Crippen LogP contribution < -0.4 is 0 Å². The molecule has 0 bridgehead atoms. The Kier molecular flexibility index (Phi) is 5.57. The summed E-state index contributed by atoms with van der Waals surface area (Å²) in [6, 6.07) is 16.3. The van der Waals surface area contributed by atoms with E-state index in [9.17, 15) is 0 Å². The summed E-state index contributed by atoms with van der Waals surface area (Å²) < 4.78 is 0. The van der Waals surface area contributed by atoms with E-state index < -0.39 is 0 Å². The SMILES string of the molecule is C=CC(/C(C)=C/C(C)=N)c1ccc2nc(C)c(-c3ccccc3)c(Cl)c2c1. The third-order valence-electron chi connectivity index (χ3n) is 4.72. The van der Waals surface area contributed by atoms with Gasteiger partial charge >= 0.3 is 0 Å². The monoisotopic (exact) mass is 374 g/mol. The van der Waals surface area contributed by atoms with Gasteiger partial charge in [0.2, 0.25) is 0 Å². The Bertz CT molecular complexity index is 1050. The lowest BCUT2D eigenvalue weighted by Crippen LogP contribution is -2.00. The summed E-state index contributed by atoms with van der Waals surface area (Å²) in [6.07, 6.45) is 3.78. The number of allylic oxidation sites excluding steroid dienone is 3. The maximum absolute atomic E-state index is 7.73. The molecule has 1 heterocycles. The van der Waals surface area contributed by atoms with Gasteiger partial charge < -0.3 is 5.41 Å². The lowest BCUT2D eigenvalue weighted by molar-refractivity contribution is 0.997. The van der Waals surface area contributed by atoms with E-state index in [2.05, 4.69) is 30.8 Å². The molecular weight excluding hydrogens is 352 g/mol. The Morgan fingerprint density at radius 3 is 2.48 bits per heavy atom. The first-order valence-corrected chi connectivity index (χ1v) is 9.31. The van der Waals surface area contributed by atoms with Crippen LogP contribution in [0.25, 0.3) is 22.0 Å². The van der Waals surface area contributed by atoms with Crippen LogP contribution in [-0.4, -0.2) is 10.7 Å². The average Bonchev–Trinajstić information content (AvgIpc) is 2.63. The van der Waals surface area contributed by atoms with Crippen LogP contribution >= 0.6 is 11.6 Å². The molecule has 0 aliphatic rings. The maximum Gasteiger partial charge on any atom is 0.0720 e. The predicted octanol–water partition coefficient (Wildman–Crippen LogP) is 7.12. The number of aromatic nitrogens is 1. The second-order valence-electron chi connectivity index (χ2n) is 6.81. The lowest BCUT2D eigenvalue weighted by atomic mass is 9.90. The van der Waals surface area contributed by atoms with Gasteiger partial charge in [-0.3, -0.25) is 4.98 Å². The molecular formula is C24H23ClN2. The fourth-order valence-electron chi connectivity index (χ4n) is 3.51. The molecule has 0 saturated carbocycles. The lowest BCUT2D eigenvalue weighted by Gasteiger charge is -2.17. The molecule has 0 spiro atoms. The highest BCUT2D eigenvalue weighted by atomic mass is 35.5. The van der Waals surface area contributed by atoms with Crippen LogP contribution in [0.1, 0.15) is 31.0 Å². The molecule has 2 nitrogen and oxygen atoms in total. The molecule has 27 heavy (non-hydrogen) atoms. The summed E-state index contributed by atoms with van der Waals surface area (Å²) in [5, 5.41) is 9.38. The Morgan fingerprint density at radius 1 is 1.15 bits per heavy atom. The smallest absolute Gasteiger partial charge is 0.0720 e. The van der Waals surface area contributed by atoms with E-state index >= 15 is 0 Å². The van der Waals surface area contributed by atoms with E-state index in [0.717, 1.165) is 43.9 Å². The van der Waals surface area contributed by atoms with Crippen molar-refractivity contribution in [3.05, 3.63) is 89.1 Å². The topological polar surface area (TPSA) is 36.7 Å². The first-order valence-electron chi connectivity index (χ1n) is 8.93. The van der Waals surface area contributed by atoms with Crippen molar-refractivity contribution in [2.45, 2.75) is 26.7 Å². The normalized spacial score (nSPS) is 12.8. The molecule has 2 aromatic carbocycles. The Morgan fingerprint density at radius 2 is 1.85 bits per heavy atom. The number of fused-ring (bicyclic) bond motifs is 1. The molecule has 3 aromatic rings. The molecule has 0 aliphatic heterocycles. The van der Waals surface area contributed by atoms with Gasteiger partial charge in [0.15, 0.2) is 0 Å². The average molecular weight is 375 g/mol. The highest BCUT2D eigenvalue weighted by Crippen LogP contribution is 2.37. The third kappa shape index (κ3) is 3.86. The van der Waals surface area contributed by atoms with Crippen LogP contribution in [0.5, 0.6) is 0 Å². The standard InChI is InChI=1S/C24H23ClN2/c1-5-20(15(2)13-16(3)26)19-11-12-22-21(14-19)24(25)23(17(4)27-22)18-9-7-6-8-10-18/h5-14,20,26H,1H2,2-4H3/b15-13+,26-16?. The Balaban J connectivity index is 2.20. The molecule has 136 valence electrons. The van der Waals surface area contributed by atoms with E-state index in [1.54, 1.807) is 6.92 Å². The van der Waals surface area contributed by atoms with Crippen molar-refractivity contribution in [2.24, 2.45) is 0 Å². The van der Waals surface area contributed by atoms with Gasteiger partial charge in [0, 0.05) is 28.3 Å². The molecule has 0 fully saturated rings. The second-order valence-corrected chi connectivity index (χ2v) is 7.19. The van der Waals surface area contributed by atoms with Gasteiger partial charge in [-0.25, -0.2) is 0 Å². The number of hydrogen-bond acceptors (Lipinski definition) is 2. The minimum Gasteiger partial charge on any atom is -0.306 e. The van der Waals surface area contributed by atoms with Crippen molar-refractivity contribution < 1.29 is 0 Å². The molecule has 1 N–H and O–H groups in total. The highest BCUT2D eigenvalue weighted by Gasteiger charge is 2.16. The van der Waals surface area contributed by atoms with Crippen molar-refractivity contribution >= 4 is 28.2 Å². The summed E-state index contributed by atoms with van der Waals surface area (Å²) in [7, 11) is 0. The van der Waals surface area contributed by atoms with Crippen molar-refractivity contribution in [3.8, 4) is 11.1 Å². The van der Waals surface area contributed by atoms with Gasteiger partial charge in [-0.05, 0) is 50.1 Å². The first-order chi connectivity index (χ1) is 12.9. The number of hydrogen-bond donors (Lipinski definition) is 1. The molecule has 0 saturated heterocycles. The molecule has 1 unspecified atom stereocenters. The van der Waals surface area contributed by atoms with Crippen LogP contribution in [0.2, 0.25) is 5.02 Å². The van der Waals surface area contributed by atoms with Crippen LogP contribution in [0.15, 0.2) is 72.8 Å². The number of benzene rings is 2. The molecule has 0 amide bonds. The van der Waals surface area contributed by atoms with Gasteiger partial charge in [-0.1, -0.05) is 59.6 Å². The van der Waals surface area contributed by atoms with Crippen molar-refractivity contribution in [2.75, 3.05) is 0 Å². The minimum absolute atomic E-state index is 0.0345. The van der Waals surface area contributed by atoms with Crippen molar-refractivity contribution in [1.29, 1.82) is 5.41 Å². The number of halogens is 1.